The highest BCUT2D eigenvalue weighted by molar-refractivity contribution is 5.83. The topological polar surface area (TPSA) is 61.9 Å². The number of nitrogens with one attached hydrogen (secondary N) is 1. The highest BCUT2D eigenvalue weighted by Gasteiger charge is 2.37. The third-order valence-electron chi connectivity index (χ3n) is 8.06. The Kier molecular flexibility index (Phi) is 12.3. The molecule has 1 saturated heterocycles. The number of amides is 2. The van der Waals surface area contributed by atoms with Crippen molar-refractivity contribution in [1.29, 1.82) is 0 Å². The number of ether oxygens (including phenoxy) is 1. The van der Waals surface area contributed by atoms with Crippen LogP contribution in [-0.4, -0.2) is 54.1 Å². The minimum absolute atomic E-state index is 0.0266. The molecule has 1 heterocycles. The van der Waals surface area contributed by atoms with E-state index in [0.29, 0.717) is 63.3 Å². The SMILES string of the molecule is C=CCN(Cc1ccccc1)C(=O)OC1CCN(CC[C@H](C(=O)NCc2cc(C(F)(F)F)cc(C(F)(F)F)c2)c2ccc(F)cc2)CC1. The largest absolute Gasteiger partial charge is 0.446 e. The summed E-state index contributed by atoms with van der Waals surface area (Å²) in [6.45, 7) is 5.35. The van der Waals surface area contributed by atoms with E-state index in [9.17, 15) is 40.3 Å². The first-order valence-corrected chi connectivity index (χ1v) is 15.4. The molecule has 1 fully saturated rings. The molecule has 48 heavy (non-hydrogen) atoms. The minimum Gasteiger partial charge on any atom is -0.446 e. The van der Waals surface area contributed by atoms with Crippen LogP contribution in [0.25, 0.3) is 0 Å². The van der Waals surface area contributed by atoms with Crippen molar-refractivity contribution in [2.24, 2.45) is 0 Å². The lowest BCUT2D eigenvalue weighted by Crippen LogP contribution is -2.41. The van der Waals surface area contributed by atoms with Crippen LogP contribution in [0.2, 0.25) is 0 Å². The maximum Gasteiger partial charge on any atom is 0.416 e. The summed E-state index contributed by atoms with van der Waals surface area (Å²) in [5, 5.41) is 2.47. The number of nitrogens with zero attached hydrogens (tertiary/aromatic N) is 2. The van der Waals surface area contributed by atoms with Gasteiger partial charge in [0.25, 0.3) is 0 Å². The molecule has 1 aliphatic rings. The Hall–Kier alpha value is -4.39. The zero-order valence-electron chi connectivity index (χ0n) is 26.0. The van der Waals surface area contributed by atoms with Crippen molar-refractivity contribution in [3.05, 3.63) is 119 Å². The van der Waals surface area contributed by atoms with Crippen LogP contribution in [0.1, 0.15) is 53.0 Å². The summed E-state index contributed by atoms with van der Waals surface area (Å²) in [6.07, 6.45) is -7.85. The smallest absolute Gasteiger partial charge is 0.416 e. The van der Waals surface area contributed by atoms with Gasteiger partial charge in [0.05, 0.1) is 17.0 Å². The third kappa shape index (κ3) is 10.6. The number of alkyl halides is 6. The molecule has 1 N–H and O–H groups in total. The van der Waals surface area contributed by atoms with Crippen LogP contribution in [0.15, 0.2) is 85.5 Å². The Labute approximate surface area is 274 Å². The highest BCUT2D eigenvalue weighted by atomic mass is 19.4. The van der Waals surface area contributed by atoms with Crippen molar-refractivity contribution in [2.45, 2.75) is 56.7 Å². The molecule has 0 bridgehead atoms. The van der Waals surface area contributed by atoms with Crippen molar-refractivity contribution in [2.75, 3.05) is 26.2 Å². The van der Waals surface area contributed by atoms with E-state index in [1.807, 2.05) is 30.3 Å². The van der Waals surface area contributed by atoms with E-state index >= 15 is 0 Å². The van der Waals surface area contributed by atoms with Crippen LogP contribution in [0.4, 0.5) is 35.5 Å². The van der Waals surface area contributed by atoms with Gasteiger partial charge in [-0.2, -0.15) is 26.3 Å². The second-order valence-corrected chi connectivity index (χ2v) is 11.6. The van der Waals surface area contributed by atoms with E-state index in [-0.39, 0.29) is 24.2 Å². The van der Waals surface area contributed by atoms with Gasteiger partial charge in [0.15, 0.2) is 0 Å². The van der Waals surface area contributed by atoms with Gasteiger partial charge in [-0.1, -0.05) is 48.5 Å². The first-order valence-electron chi connectivity index (χ1n) is 15.4. The van der Waals surface area contributed by atoms with Gasteiger partial charge in [-0.25, -0.2) is 9.18 Å². The molecule has 1 aliphatic heterocycles. The van der Waals surface area contributed by atoms with E-state index in [1.165, 1.54) is 24.3 Å². The van der Waals surface area contributed by atoms with Crippen molar-refractivity contribution in [3.8, 4) is 0 Å². The Bertz CT molecular complexity index is 1490. The fourth-order valence-electron chi connectivity index (χ4n) is 5.52. The molecule has 0 radical (unpaired) electrons. The van der Waals surface area contributed by atoms with Crippen LogP contribution in [0.5, 0.6) is 0 Å². The predicted molar refractivity (Wildman–Crippen MR) is 165 cm³/mol. The fraction of sp³-hybridized carbons (Fsp3) is 0.371. The van der Waals surface area contributed by atoms with Crippen molar-refractivity contribution in [3.63, 3.8) is 0 Å². The Balaban J connectivity index is 1.36. The molecular weight excluding hydrogens is 643 g/mol. The Morgan fingerprint density at radius 2 is 1.52 bits per heavy atom. The molecule has 4 rings (SSSR count). The van der Waals surface area contributed by atoms with Gasteiger partial charge in [0.2, 0.25) is 5.91 Å². The summed E-state index contributed by atoms with van der Waals surface area (Å²) in [5.74, 6) is -2.02. The lowest BCUT2D eigenvalue weighted by atomic mass is 9.93. The van der Waals surface area contributed by atoms with E-state index in [4.69, 9.17) is 4.74 Å². The summed E-state index contributed by atoms with van der Waals surface area (Å²) in [7, 11) is 0. The number of hydrogen-bond acceptors (Lipinski definition) is 4. The van der Waals surface area contributed by atoms with E-state index in [0.717, 1.165) is 5.56 Å². The van der Waals surface area contributed by atoms with Gasteiger partial charge >= 0.3 is 18.4 Å². The van der Waals surface area contributed by atoms with Gasteiger partial charge in [0, 0.05) is 32.7 Å². The molecule has 0 unspecified atom stereocenters. The molecule has 258 valence electrons. The average Bonchev–Trinajstić information content (AvgIpc) is 3.04. The molecule has 0 spiro atoms. The molecule has 3 aromatic carbocycles. The monoisotopic (exact) mass is 679 g/mol. The fourth-order valence-corrected chi connectivity index (χ4v) is 5.52. The maximum absolute atomic E-state index is 13.7. The number of rotatable bonds is 12. The summed E-state index contributed by atoms with van der Waals surface area (Å²) in [5.41, 5.74) is -1.92. The minimum atomic E-state index is -5.02. The number of piperidine rings is 1. The van der Waals surface area contributed by atoms with Gasteiger partial charge in [-0.05, 0) is 72.8 Å². The number of benzene rings is 3. The molecule has 0 aliphatic carbocycles. The number of carbonyl (C=O) groups is 2. The molecule has 0 aromatic heterocycles. The summed E-state index contributed by atoms with van der Waals surface area (Å²) in [4.78, 5) is 29.9. The number of carbonyl (C=O) groups excluding carboxylic acids is 2. The highest BCUT2D eigenvalue weighted by Crippen LogP contribution is 2.36. The Morgan fingerprint density at radius 3 is 2.08 bits per heavy atom. The lowest BCUT2D eigenvalue weighted by Gasteiger charge is -2.33. The van der Waals surface area contributed by atoms with Crippen LogP contribution < -0.4 is 5.32 Å². The van der Waals surface area contributed by atoms with Crippen LogP contribution in [0.3, 0.4) is 0 Å². The zero-order valence-corrected chi connectivity index (χ0v) is 26.0. The normalized spacial score (nSPS) is 15.1. The van der Waals surface area contributed by atoms with Crippen LogP contribution >= 0.6 is 0 Å². The molecule has 13 heteroatoms. The summed E-state index contributed by atoms with van der Waals surface area (Å²) < 4.78 is 99.3. The van der Waals surface area contributed by atoms with E-state index in [2.05, 4.69) is 16.8 Å². The molecular formula is C35H36F7N3O3. The third-order valence-corrected chi connectivity index (χ3v) is 8.06. The first kappa shape index (κ1) is 36.4. The van der Waals surface area contributed by atoms with Crippen molar-refractivity contribution in [1.82, 2.24) is 15.1 Å². The predicted octanol–water partition coefficient (Wildman–Crippen LogP) is 7.94. The van der Waals surface area contributed by atoms with Gasteiger partial charge < -0.3 is 19.9 Å². The van der Waals surface area contributed by atoms with Crippen LogP contribution in [-0.2, 0) is 35.0 Å². The quantitative estimate of drug-likeness (QED) is 0.156. The summed E-state index contributed by atoms with van der Waals surface area (Å²) in [6, 6.07) is 15.8. The molecule has 6 nitrogen and oxygen atoms in total. The van der Waals surface area contributed by atoms with Gasteiger partial charge in [0.1, 0.15) is 11.9 Å². The second kappa shape index (κ2) is 16.1. The lowest BCUT2D eigenvalue weighted by molar-refractivity contribution is -0.143. The van der Waals surface area contributed by atoms with Gasteiger partial charge in [-0.3, -0.25) is 4.79 Å². The van der Waals surface area contributed by atoms with Gasteiger partial charge in [-0.15, -0.1) is 6.58 Å². The van der Waals surface area contributed by atoms with Crippen LogP contribution in [0, 0.1) is 5.82 Å². The molecule has 1 atom stereocenters. The molecule has 3 aromatic rings. The summed E-state index contributed by atoms with van der Waals surface area (Å²) >= 11 is 0. The second-order valence-electron chi connectivity index (χ2n) is 11.6. The number of hydrogen-bond donors (Lipinski definition) is 1. The number of likely N-dealkylation sites (tertiary alicyclic amines) is 1. The van der Waals surface area contributed by atoms with E-state index in [1.54, 1.807) is 11.0 Å². The Morgan fingerprint density at radius 1 is 0.917 bits per heavy atom. The molecule has 0 saturated carbocycles. The zero-order chi connectivity index (χ0) is 34.9. The van der Waals surface area contributed by atoms with E-state index < -0.39 is 53.8 Å². The van der Waals surface area contributed by atoms with Crippen molar-refractivity contribution < 1.29 is 45.1 Å². The maximum atomic E-state index is 13.7. The van der Waals surface area contributed by atoms with Crippen molar-refractivity contribution >= 4 is 12.0 Å². The number of halogens is 7. The standard InChI is InChI=1S/C35H36F7N3O3/c1-2-15-45(23-24-6-4-3-5-7-24)33(47)48-30-12-16-44(17-13-30)18-14-31(26-8-10-29(36)11-9-26)32(46)43-22-25-19-27(34(37,38)39)21-28(20-25)35(40,41)42/h2-11,19-21,30-31H,1,12-18,22-23H2,(H,43,46)/t31-/m0/s1. The average molecular weight is 680 g/mol. The first-order chi connectivity index (χ1) is 22.7. The molecule has 2 amide bonds.